The second-order valence-corrected chi connectivity index (χ2v) is 7.27. The summed E-state index contributed by atoms with van der Waals surface area (Å²) in [6.45, 7) is 2.22. The molecule has 1 aromatic carbocycles. The van der Waals surface area contributed by atoms with E-state index in [2.05, 4.69) is 15.9 Å². The Hall–Kier alpha value is -3.99. The van der Waals surface area contributed by atoms with Gasteiger partial charge in [0.15, 0.2) is 0 Å². The monoisotopic (exact) mass is 435 g/mol. The lowest BCUT2D eigenvalue weighted by atomic mass is 9.88. The highest BCUT2D eigenvalue weighted by Gasteiger charge is 2.27. The van der Waals surface area contributed by atoms with Crippen molar-refractivity contribution >= 4 is 5.97 Å². The van der Waals surface area contributed by atoms with Crippen molar-refractivity contribution in [2.75, 3.05) is 13.7 Å². The number of benzene rings is 1. The van der Waals surface area contributed by atoms with Crippen LogP contribution in [0, 0.1) is 19.3 Å². The second kappa shape index (κ2) is 10.4. The summed E-state index contributed by atoms with van der Waals surface area (Å²) in [6.07, 6.45) is 8.97. The number of carbonyl (C=O) groups excluding carboxylic acids is 1. The number of aromatic hydroxyl groups is 1. The largest absolute Gasteiger partial charge is 0.507 e. The van der Waals surface area contributed by atoms with Crippen molar-refractivity contribution in [2.24, 2.45) is 0 Å². The van der Waals surface area contributed by atoms with Crippen molar-refractivity contribution in [1.82, 2.24) is 14.5 Å². The normalized spacial score (nSPS) is 11.5. The Morgan fingerprint density at radius 3 is 2.88 bits per heavy atom. The zero-order valence-electron chi connectivity index (χ0n) is 18.0. The highest BCUT2D eigenvalue weighted by molar-refractivity contribution is 5.71. The summed E-state index contributed by atoms with van der Waals surface area (Å²) in [5.74, 6) is 1.49. The minimum Gasteiger partial charge on any atom is -0.507 e. The molecule has 1 atom stereocenters. The Kier molecular flexibility index (Phi) is 7.34. The Labute approximate surface area is 185 Å². The second-order valence-electron chi connectivity index (χ2n) is 7.27. The third-order valence-electron chi connectivity index (χ3n) is 5.21. The Bertz CT molecular complexity index is 1180. The van der Waals surface area contributed by atoms with Gasteiger partial charge in [0.05, 0.1) is 25.4 Å². The van der Waals surface area contributed by atoms with E-state index in [1.165, 1.54) is 13.2 Å². The van der Waals surface area contributed by atoms with Crippen LogP contribution in [0.3, 0.4) is 0 Å². The summed E-state index contributed by atoms with van der Waals surface area (Å²) in [5, 5.41) is 10.7. The number of ether oxygens (including phenoxy) is 2. The molecule has 0 aliphatic rings. The van der Waals surface area contributed by atoms with Crippen LogP contribution in [0.15, 0.2) is 47.7 Å². The summed E-state index contributed by atoms with van der Waals surface area (Å²) in [5.41, 5.74) is 1.88. The van der Waals surface area contributed by atoms with Crippen molar-refractivity contribution < 1.29 is 19.4 Å². The summed E-state index contributed by atoms with van der Waals surface area (Å²) in [4.78, 5) is 32.7. The number of aryl methyl sites for hydroxylation is 2. The maximum Gasteiger partial charge on any atom is 0.306 e. The number of rotatable bonds is 9. The van der Waals surface area contributed by atoms with Crippen LogP contribution in [0.1, 0.15) is 34.9 Å². The minimum absolute atomic E-state index is 0.0846. The minimum atomic E-state index is -0.733. The van der Waals surface area contributed by atoms with Crippen LogP contribution in [0.4, 0.5) is 0 Å². The van der Waals surface area contributed by atoms with E-state index >= 15 is 0 Å². The first kappa shape index (κ1) is 22.7. The van der Waals surface area contributed by atoms with Crippen LogP contribution < -0.4 is 10.3 Å². The Morgan fingerprint density at radius 2 is 2.19 bits per heavy atom. The van der Waals surface area contributed by atoms with E-state index in [1.54, 1.807) is 48.3 Å². The smallest absolute Gasteiger partial charge is 0.306 e. The van der Waals surface area contributed by atoms with Gasteiger partial charge >= 0.3 is 5.97 Å². The van der Waals surface area contributed by atoms with Gasteiger partial charge in [0, 0.05) is 36.5 Å². The van der Waals surface area contributed by atoms with Gasteiger partial charge in [0.2, 0.25) is 0 Å². The number of nitrogens with zero attached hydrogens (tertiary/aromatic N) is 2. The Balaban J connectivity index is 2.06. The topological polar surface area (TPSA) is 106 Å². The number of hydrogen-bond donors (Lipinski definition) is 2. The molecule has 2 N–H and O–H groups in total. The summed E-state index contributed by atoms with van der Waals surface area (Å²) >= 11 is 0. The molecule has 1 unspecified atom stereocenters. The molecule has 0 saturated heterocycles. The third-order valence-corrected chi connectivity index (χ3v) is 5.21. The van der Waals surface area contributed by atoms with E-state index in [1.807, 2.05) is 0 Å². The average Bonchev–Trinajstić information content (AvgIpc) is 3.30. The van der Waals surface area contributed by atoms with E-state index in [0.29, 0.717) is 30.0 Å². The highest BCUT2D eigenvalue weighted by Crippen LogP contribution is 2.34. The number of aromatic amines is 1. The SMILES string of the molecule is C#CCOc1cccc(C(CC(=O)OC)c2c(O)cc(C)n(CCc3cnc[nH]3)c2=O)c1. The van der Waals surface area contributed by atoms with Crippen LogP contribution in [0.25, 0.3) is 0 Å². The first-order valence-corrected chi connectivity index (χ1v) is 10.1. The molecule has 0 bridgehead atoms. The number of imidazole rings is 1. The van der Waals surface area contributed by atoms with E-state index in [9.17, 15) is 14.7 Å². The van der Waals surface area contributed by atoms with Gasteiger partial charge in [-0.2, -0.15) is 0 Å². The number of H-pyrrole nitrogens is 1. The van der Waals surface area contributed by atoms with Gasteiger partial charge in [0.25, 0.3) is 5.56 Å². The lowest BCUT2D eigenvalue weighted by Gasteiger charge is -2.21. The maximum atomic E-state index is 13.5. The van der Waals surface area contributed by atoms with Crippen LogP contribution in [0.5, 0.6) is 11.5 Å². The molecular formula is C24H25N3O5. The van der Waals surface area contributed by atoms with Gasteiger partial charge in [-0.25, -0.2) is 4.98 Å². The van der Waals surface area contributed by atoms with Gasteiger partial charge < -0.3 is 24.1 Å². The number of nitrogens with one attached hydrogen (secondary N) is 1. The molecular weight excluding hydrogens is 410 g/mol. The predicted molar refractivity (Wildman–Crippen MR) is 119 cm³/mol. The molecule has 3 rings (SSSR count). The van der Waals surface area contributed by atoms with Gasteiger partial charge in [-0.3, -0.25) is 9.59 Å². The van der Waals surface area contributed by atoms with Crippen molar-refractivity contribution in [2.45, 2.75) is 32.2 Å². The summed E-state index contributed by atoms with van der Waals surface area (Å²) in [6, 6.07) is 8.48. The maximum absolute atomic E-state index is 13.5. The Morgan fingerprint density at radius 1 is 1.38 bits per heavy atom. The number of hydrogen-bond acceptors (Lipinski definition) is 6. The van der Waals surface area contributed by atoms with Gasteiger partial charge in [-0.05, 0) is 30.7 Å². The zero-order chi connectivity index (χ0) is 23.1. The molecule has 166 valence electrons. The van der Waals surface area contributed by atoms with Crippen molar-refractivity contribution in [3.8, 4) is 23.8 Å². The number of methoxy groups -OCH3 is 1. The van der Waals surface area contributed by atoms with Crippen LogP contribution >= 0.6 is 0 Å². The molecule has 32 heavy (non-hydrogen) atoms. The molecule has 0 aliphatic heterocycles. The quantitative estimate of drug-likeness (QED) is 0.395. The van der Waals surface area contributed by atoms with E-state index in [4.69, 9.17) is 15.9 Å². The third kappa shape index (κ3) is 5.19. The van der Waals surface area contributed by atoms with E-state index < -0.39 is 11.9 Å². The van der Waals surface area contributed by atoms with Gasteiger partial charge in [-0.15, -0.1) is 6.42 Å². The fraction of sp³-hybridized carbons (Fsp3) is 0.292. The summed E-state index contributed by atoms with van der Waals surface area (Å²) < 4.78 is 11.9. The van der Waals surface area contributed by atoms with E-state index in [0.717, 1.165) is 5.69 Å². The zero-order valence-corrected chi connectivity index (χ0v) is 18.0. The molecule has 0 spiro atoms. The van der Waals surface area contributed by atoms with Crippen molar-refractivity contribution in [3.63, 3.8) is 0 Å². The van der Waals surface area contributed by atoms with Crippen LogP contribution in [-0.2, 0) is 22.5 Å². The highest BCUT2D eigenvalue weighted by atomic mass is 16.5. The van der Waals surface area contributed by atoms with Gasteiger partial charge in [-0.1, -0.05) is 18.1 Å². The number of pyridine rings is 1. The van der Waals surface area contributed by atoms with Crippen LogP contribution in [-0.4, -0.2) is 39.3 Å². The standard InChI is InChI=1S/C24H25N3O5/c1-4-10-32-19-7-5-6-17(12-19)20(13-22(29)31-3)23-21(28)11-16(2)27(24(23)30)9-8-18-14-25-15-26-18/h1,5-7,11-12,14-15,20,28H,8-10,13H2,2-3H3,(H,25,26). The first-order valence-electron chi connectivity index (χ1n) is 10.1. The molecule has 8 heteroatoms. The van der Waals surface area contributed by atoms with Gasteiger partial charge in [0.1, 0.15) is 18.1 Å². The molecule has 0 fully saturated rings. The molecule has 0 radical (unpaired) electrons. The first-order chi connectivity index (χ1) is 15.4. The number of esters is 1. The molecule has 0 aliphatic carbocycles. The molecule has 2 aromatic heterocycles. The fourth-order valence-electron chi connectivity index (χ4n) is 3.61. The predicted octanol–water partition coefficient (Wildman–Crippen LogP) is 2.54. The number of carbonyl (C=O) groups is 1. The fourth-order valence-corrected chi connectivity index (χ4v) is 3.61. The van der Waals surface area contributed by atoms with Crippen molar-refractivity contribution in [3.05, 3.63) is 75.7 Å². The molecule has 8 nitrogen and oxygen atoms in total. The number of terminal acetylenes is 1. The van der Waals surface area contributed by atoms with E-state index in [-0.39, 0.29) is 29.9 Å². The number of aromatic nitrogens is 3. The van der Waals surface area contributed by atoms with Crippen LogP contribution in [0.2, 0.25) is 0 Å². The molecule has 3 aromatic rings. The van der Waals surface area contributed by atoms with Crippen molar-refractivity contribution in [1.29, 1.82) is 0 Å². The average molecular weight is 435 g/mol. The molecule has 2 heterocycles. The lowest BCUT2D eigenvalue weighted by molar-refractivity contribution is -0.140. The molecule has 0 amide bonds. The summed E-state index contributed by atoms with van der Waals surface area (Å²) in [7, 11) is 1.28. The molecule has 0 saturated carbocycles. The lowest BCUT2D eigenvalue weighted by Crippen LogP contribution is -2.29.